The van der Waals surface area contributed by atoms with E-state index in [1.807, 2.05) is 6.92 Å². The molecule has 2 fully saturated rings. The summed E-state index contributed by atoms with van der Waals surface area (Å²) in [5.41, 5.74) is 1.85. The molecule has 0 radical (unpaired) electrons. The Balaban J connectivity index is 1.79. The Kier molecular flexibility index (Phi) is 7.19. The zero-order valence-electron chi connectivity index (χ0n) is 19.1. The summed E-state index contributed by atoms with van der Waals surface area (Å²) in [4.78, 5) is 30.5. The Bertz CT molecular complexity index is 1270. The number of aromatic nitrogens is 1. The van der Waals surface area contributed by atoms with Gasteiger partial charge in [0.05, 0.1) is 11.4 Å². The molecule has 1 amide bonds. The molecule has 2 aliphatic rings. The number of nitrogens with zero attached hydrogens (tertiary/aromatic N) is 4. The lowest BCUT2D eigenvalue weighted by molar-refractivity contribution is -0.122. The maximum absolute atomic E-state index is 13.3. The quantitative estimate of drug-likeness (QED) is 0.446. The summed E-state index contributed by atoms with van der Waals surface area (Å²) in [5, 5.41) is 9.70. The molecule has 1 aromatic carbocycles. The Morgan fingerprint density at radius 2 is 1.85 bits per heavy atom. The van der Waals surface area contributed by atoms with Crippen molar-refractivity contribution in [2.24, 2.45) is 0 Å². The van der Waals surface area contributed by atoms with Gasteiger partial charge in [0.2, 0.25) is 0 Å². The second-order valence-electron chi connectivity index (χ2n) is 8.34. The average Bonchev–Trinajstić information content (AvgIpc) is 3.10. The summed E-state index contributed by atoms with van der Waals surface area (Å²) in [5.74, 6) is 0.178. The molecule has 0 saturated carbocycles. The van der Waals surface area contributed by atoms with Gasteiger partial charge >= 0.3 is 0 Å². The molecule has 9 heteroatoms. The first-order valence-electron chi connectivity index (χ1n) is 11.3. The fourth-order valence-electron chi connectivity index (χ4n) is 4.42. The SMILES string of the molecule is CCn1c(N2CCCCC2)c(C=C2SC(=S)N(Cc3ccc(F)cc3)C2=O)c(C)c(C#N)c1=O. The third-order valence-electron chi connectivity index (χ3n) is 6.22. The molecule has 4 rings (SSSR count). The molecule has 0 bridgehead atoms. The fourth-order valence-corrected chi connectivity index (χ4v) is 5.66. The lowest BCUT2D eigenvalue weighted by Gasteiger charge is -2.33. The summed E-state index contributed by atoms with van der Waals surface area (Å²) < 4.78 is 15.3. The molecule has 0 N–H and O–H groups in total. The van der Waals surface area contributed by atoms with Crippen LogP contribution in [0.25, 0.3) is 6.08 Å². The molecule has 176 valence electrons. The second kappa shape index (κ2) is 10.1. The molecular formula is C25H25FN4O2S2. The third-order valence-corrected chi connectivity index (χ3v) is 7.60. The predicted octanol–water partition coefficient (Wildman–Crippen LogP) is 4.58. The first kappa shape index (κ1) is 24.2. The summed E-state index contributed by atoms with van der Waals surface area (Å²) >= 11 is 6.68. The van der Waals surface area contributed by atoms with E-state index in [0.717, 1.165) is 43.7 Å². The van der Waals surface area contributed by atoms with Crippen molar-refractivity contribution >= 4 is 46.1 Å². The van der Waals surface area contributed by atoms with Crippen molar-refractivity contribution in [2.45, 2.75) is 46.2 Å². The van der Waals surface area contributed by atoms with Crippen molar-refractivity contribution in [3.05, 3.63) is 67.6 Å². The Hall–Kier alpha value is -2.96. The van der Waals surface area contributed by atoms with Crippen molar-refractivity contribution < 1.29 is 9.18 Å². The highest BCUT2D eigenvalue weighted by Gasteiger charge is 2.33. The van der Waals surface area contributed by atoms with E-state index in [-0.39, 0.29) is 29.4 Å². The Labute approximate surface area is 207 Å². The van der Waals surface area contributed by atoms with Gasteiger partial charge < -0.3 is 4.90 Å². The van der Waals surface area contributed by atoms with E-state index in [4.69, 9.17) is 12.2 Å². The van der Waals surface area contributed by atoms with Crippen LogP contribution >= 0.6 is 24.0 Å². The first-order chi connectivity index (χ1) is 16.3. The second-order valence-corrected chi connectivity index (χ2v) is 10.0. The highest BCUT2D eigenvalue weighted by Crippen LogP contribution is 2.37. The van der Waals surface area contributed by atoms with Gasteiger partial charge in [-0.2, -0.15) is 5.26 Å². The number of rotatable bonds is 5. The maximum atomic E-state index is 13.3. The lowest BCUT2D eigenvalue weighted by Crippen LogP contribution is -2.37. The molecule has 2 saturated heterocycles. The number of halogens is 1. The van der Waals surface area contributed by atoms with Crippen LogP contribution in [0.1, 0.15) is 48.4 Å². The van der Waals surface area contributed by atoms with Gasteiger partial charge in [-0.05, 0) is 62.4 Å². The number of nitriles is 1. The fraction of sp³-hybridized carbons (Fsp3) is 0.360. The van der Waals surface area contributed by atoms with Gasteiger partial charge in [-0.25, -0.2) is 4.39 Å². The third kappa shape index (κ3) is 4.52. The van der Waals surface area contributed by atoms with E-state index in [2.05, 4.69) is 11.0 Å². The first-order valence-corrected chi connectivity index (χ1v) is 12.5. The topological polar surface area (TPSA) is 69.3 Å². The molecular weight excluding hydrogens is 471 g/mol. The maximum Gasteiger partial charge on any atom is 0.270 e. The van der Waals surface area contributed by atoms with E-state index in [0.29, 0.717) is 26.9 Å². The van der Waals surface area contributed by atoms with Crippen LogP contribution in [-0.2, 0) is 17.9 Å². The number of hydrogen-bond donors (Lipinski definition) is 0. The Morgan fingerprint density at radius 1 is 1.18 bits per heavy atom. The average molecular weight is 497 g/mol. The monoisotopic (exact) mass is 496 g/mol. The molecule has 1 aromatic heterocycles. The number of hydrogen-bond acceptors (Lipinski definition) is 6. The Morgan fingerprint density at radius 3 is 2.47 bits per heavy atom. The number of piperidine rings is 1. The minimum atomic E-state index is -0.339. The van der Waals surface area contributed by atoms with E-state index < -0.39 is 0 Å². The molecule has 2 aromatic rings. The van der Waals surface area contributed by atoms with Gasteiger partial charge in [-0.3, -0.25) is 19.1 Å². The number of benzene rings is 1. The molecule has 34 heavy (non-hydrogen) atoms. The van der Waals surface area contributed by atoms with Crippen molar-refractivity contribution in [1.29, 1.82) is 5.26 Å². The van der Waals surface area contributed by atoms with Gasteiger partial charge in [0.1, 0.15) is 27.6 Å². The van der Waals surface area contributed by atoms with Crippen LogP contribution in [0.15, 0.2) is 34.0 Å². The normalized spacial score (nSPS) is 17.5. The largest absolute Gasteiger partial charge is 0.357 e. The molecule has 0 unspecified atom stereocenters. The summed E-state index contributed by atoms with van der Waals surface area (Å²) in [7, 11) is 0. The van der Waals surface area contributed by atoms with Gasteiger partial charge in [-0.1, -0.05) is 36.1 Å². The molecule has 0 spiro atoms. The summed E-state index contributed by atoms with van der Waals surface area (Å²) in [6.07, 6.45) is 4.96. The molecule has 0 atom stereocenters. The highest BCUT2D eigenvalue weighted by molar-refractivity contribution is 8.26. The minimum Gasteiger partial charge on any atom is -0.357 e. The standard InChI is InChI=1S/C25H25FN4O2S2/c1-3-29-22(28-11-5-4-6-12-28)19(16(2)20(14-27)23(29)31)13-21-24(32)30(25(33)34-21)15-17-7-9-18(26)10-8-17/h7-10,13H,3-6,11-12,15H2,1-2H3. The van der Waals surface area contributed by atoms with Crippen LogP contribution < -0.4 is 10.5 Å². The van der Waals surface area contributed by atoms with Crippen LogP contribution in [0.5, 0.6) is 0 Å². The van der Waals surface area contributed by atoms with Gasteiger partial charge in [0.25, 0.3) is 11.5 Å². The number of carbonyl (C=O) groups excluding carboxylic acids is 1. The van der Waals surface area contributed by atoms with Crippen molar-refractivity contribution in [1.82, 2.24) is 9.47 Å². The zero-order chi connectivity index (χ0) is 24.4. The van der Waals surface area contributed by atoms with Crippen molar-refractivity contribution in [2.75, 3.05) is 18.0 Å². The number of anilines is 1. The summed E-state index contributed by atoms with van der Waals surface area (Å²) in [6.45, 7) is 5.95. The zero-order valence-corrected chi connectivity index (χ0v) is 20.8. The van der Waals surface area contributed by atoms with Crippen LogP contribution in [0, 0.1) is 24.1 Å². The smallest absolute Gasteiger partial charge is 0.270 e. The number of carbonyl (C=O) groups is 1. The van der Waals surface area contributed by atoms with Crippen LogP contribution in [0.3, 0.4) is 0 Å². The predicted molar refractivity (Wildman–Crippen MR) is 137 cm³/mol. The van der Waals surface area contributed by atoms with Crippen molar-refractivity contribution in [3.63, 3.8) is 0 Å². The molecule has 0 aliphatic carbocycles. The van der Waals surface area contributed by atoms with Gasteiger partial charge in [0.15, 0.2) is 0 Å². The molecule has 6 nitrogen and oxygen atoms in total. The van der Waals surface area contributed by atoms with Crippen LogP contribution in [0.2, 0.25) is 0 Å². The van der Waals surface area contributed by atoms with Crippen molar-refractivity contribution in [3.8, 4) is 6.07 Å². The van der Waals surface area contributed by atoms with E-state index in [1.165, 1.54) is 28.8 Å². The number of amides is 1. The van der Waals surface area contributed by atoms with E-state index in [1.54, 1.807) is 29.7 Å². The molecule has 3 heterocycles. The molecule has 2 aliphatic heterocycles. The number of thiocarbonyl (C=S) groups is 1. The number of thioether (sulfide) groups is 1. The van der Waals surface area contributed by atoms with Gasteiger partial charge in [-0.15, -0.1) is 0 Å². The lowest BCUT2D eigenvalue weighted by atomic mass is 10.0. The van der Waals surface area contributed by atoms with Gasteiger partial charge in [0, 0.05) is 25.2 Å². The van der Waals surface area contributed by atoms with Crippen LogP contribution in [0.4, 0.5) is 10.2 Å². The number of pyridine rings is 1. The minimum absolute atomic E-state index is 0.0932. The van der Waals surface area contributed by atoms with E-state index >= 15 is 0 Å². The van der Waals surface area contributed by atoms with E-state index in [9.17, 15) is 19.2 Å². The van der Waals surface area contributed by atoms with Crippen LogP contribution in [-0.4, -0.2) is 32.8 Å². The highest BCUT2D eigenvalue weighted by atomic mass is 32.2. The summed E-state index contributed by atoms with van der Waals surface area (Å²) in [6, 6.07) is 8.03.